The number of thioether (sulfide) groups is 1. The zero-order valence-electron chi connectivity index (χ0n) is 11.5. The fraction of sp³-hybridized carbons (Fsp3) is 0.294. The fourth-order valence-corrected chi connectivity index (χ4v) is 3.29. The van der Waals surface area contributed by atoms with E-state index in [1.165, 1.54) is 16.1 Å². The van der Waals surface area contributed by atoms with Crippen molar-refractivity contribution in [3.8, 4) is 0 Å². The first kappa shape index (κ1) is 13.5. The highest BCUT2D eigenvalue weighted by Gasteiger charge is 2.30. The van der Waals surface area contributed by atoms with E-state index in [0.717, 1.165) is 12.8 Å². The number of nitrogens with one attached hydrogen (secondary N) is 1. The van der Waals surface area contributed by atoms with Crippen molar-refractivity contribution in [2.75, 3.05) is 11.6 Å². The average molecular weight is 287 g/mol. The van der Waals surface area contributed by atoms with Crippen LogP contribution in [0, 0.1) is 5.82 Å². The molecule has 2 aromatic carbocycles. The molecular weight excluding hydrogens is 269 g/mol. The lowest BCUT2D eigenvalue weighted by molar-refractivity contribution is 0.373. The molecule has 3 heteroatoms. The number of rotatable bonds is 4. The topological polar surface area (TPSA) is 12.0 Å². The summed E-state index contributed by atoms with van der Waals surface area (Å²) in [5.41, 5.74) is 2.48. The van der Waals surface area contributed by atoms with E-state index in [1.807, 2.05) is 12.1 Å². The fourth-order valence-electron chi connectivity index (χ4n) is 2.73. The minimum Gasteiger partial charge on any atom is -0.381 e. The molecule has 0 amide bonds. The Labute approximate surface area is 123 Å². The second kappa shape index (κ2) is 5.88. The van der Waals surface area contributed by atoms with E-state index in [9.17, 15) is 4.39 Å². The van der Waals surface area contributed by atoms with Crippen LogP contribution >= 0.6 is 11.8 Å². The second-order valence-corrected chi connectivity index (χ2v) is 6.11. The van der Waals surface area contributed by atoms with Gasteiger partial charge in [0.25, 0.3) is 0 Å². The van der Waals surface area contributed by atoms with Gasteiger partial charge in [0.2, 0.25) is 0 Å². The molecule has 1 nitrogen and oxygen atoms in total. The molecule has 0 spiro atoms. The zero-order chi connectivity index (χ0) is 13.9. The smallest absolute Gasteiger partial charge is 0.123 e. The number of para-hydroxylation sites is 1. The summed E-state index contributed by atoms with van der Waals surface area (Å²) in [7, 11) is 0. The molecule has 0 aromatic heterocycles. The summed E-state index contributed by atoms with van der Waals surface area (Å²) < 4.78 is 12.9. The molecular formula is C17H18FNS. The van der Waals surface area contributed by atoms with E-state index in [2.05, 4.69) is 35.8 Å². The lowest BCUT2D eigenvalue weighted by atomic mass is 9.76. The van der Waals surface area contributed by atoms with Gasteiger partial charge in [0.15, 0.2) is 0 Å². The summed E-state index contributed by atoms with van der Waals surface area (Å²) in [4.78, 5) is 1.29. The van der Waals surface area contributed by atoms with Gasteiger partial charge in [-0.2, -0.15) is 0 Å². The minimum atomic E-state index is -0.156. The molecule has 0 radical (unpaired) electrons. The van der Waals surface area contributed by atoms with Gasteiger partial charge in [-0.15, -0.1) is 11.8 Å². The maximum Gasteiger partial charge on any atom is 0.123 e. The molecule has 1 aliphatic rings. The molecule has 0 unspecified atom stereocenters. The molecule has 0 bridgehead atoms. The normalized spacial score (nSPS) is 21.3. The van der Waals surface area contributed by atoms with Crippen LogP contribution in [0.2, 0.25) is 0 Å². The SMILES string of the molecule is CSc1ccccc1NC1CC(c2ccc(F)cc2)C1. The molecule has 1 saturated carbocycles. The molecule has 1 aliphatic carbocycles. The highest BCUT2D eigenvalue weighted by Crippen LogP contribution is 2.39. The van der Waals surface area contributed by atoms with Crippen LogP contribution in [0.4, 0.5) is 10.1 Å². The summed E-state index contributed by atoms with van der Waals surface area (Å²) in [5, 5.41) is 3.61. The van der Waals surface area contributed by atoms with E-state index in [0.29, 0.717) is 12.0 Å². The molecule has 0 saturated heterocycles. The van der Waals surface area contributed by atoms with Crippen molar-refractivity contribution in [2.24, 2.45) is 0 Å². The highest BCUT2D eigenvalue weighted by atomic mass is 32.2. The molecule has 0 atom stereocenters. The van der Waals surface area contributed by atoms with Crippen molar-refractivity contribution in [1.82, 2.24) is 0 Å². The Kier molecular flexibility index (Phi) is 3.97. The summed E-state index contributed by atoms with van der Waals surface area (Å²) >= 11 is 1.77. The van der Waals surface area contributed by atoms with Crippen molar-refractivity contribution in [3.05, 3.63) is 59.9 Å². The first-order chi connectivity index (χ1) is 9.76. The molecule has 104 valence electrons. The van der Waals surface area contributed by atoms with Gasteiger partial charge in [-0.05, 0) is 54.8 Å². The Hall–Kier alpha value is -1.48. The standard InChI is InChI=1S/C17H18FNS/c1-20-17-5-3-2-4-16(17)19-15-10-13(11-15)12-6-8-14(18)9-7-12/h2-9,13,15,19H,10-11H2,1H3. The molecule has 0 aliphatic heterocycles. The Morgan fingerprint density at radius 2 is 1.75 bits per heavy atom. The van der Waals surface area contributed by atoms with Gasteiger partial charge in [-0.3, -0.25) is 0 Å². The first-order valence-corrected chi connectivity index (χ1v) is 8.14. The van der Waals surface area contributed by atoms with Crippen LogP contribution in [0.25, 0.3) is 0 Å². The number of benzene rings is 2. The van der Waals surface area contributed by atoms with Gasteiger partial charge in [0.1, 0.15) is 5.82 Å². The van der Waals surface area contributed by atoms with Gasteiger partial charge in [0, 0.05) is 16.6 Å². The monoisotopic (exact) mass is 287 g/mol. The molecule has 1 fully saturated rings. The first-order valence-electron chi connectivity index (χ1n) is 6.91. The number of hydrogen-bond acceptors (Lipinski definition) is 2. The van der Waals surface area contributed by atoms with Gasteiger partial charge in [-0.1, -0.05) is 24.3 Å². The molecule has 0 heterocycles. The third-order valence-electron chi connectivity index (χ3n) is 3.95. The van der Waals surface area contributed by atoms with Crippen LogP contribution in [-0.2, 0) is 0 Å². The Bertz CT molecular complexity index is 576. The maximum atomic E-state index is 12.9. The van der Waals surface area contributed by atoms with Gasteiger partial charge < -0.3 is 5.32 Å². The third-order valence-corrected chi connectivity index (χ3v) is 4.74. The van der Waals surface area contributed by atoms with Crippen molar-refractivity contribution < 1.29 is 4.39 Å². The molecule has 3 rings (SSSR count). The highest BCUT2D eigenvalue weighted by molar-refractivity contribution is 7.98. The summed E-state index contributed by atoms with van der Waals surface area (Å²) in [6, 6.07) is 15.9. The summed E-state index contributed by atoms with van der Waals surface area (Å²) in [5.74, 6) is 0.409. The minimum absolute atomic E-state index is 0.156. The summed E-state index contributed by atoms with van der Waals surface area (Å²) in [6.07, 6.45) is 4.34. The Morgan fingerprint density at radius 1 is 1.05 bits per heavy atom. The van der Waals surface area contributed by atoms with E-state index in [1.54, 1.807) is 23.9 Å². The quantitative estimate of drug-likeness (QED) is 0.802. The Balaban J connectivity index is 1.59. The molecule has 1 N–H and O–H groups in total. The van der Waals surface area contributed by atoms with Crippen LogP contribution in [-0.4, -0.2) is 12.3 Å². The second-order valence-electron chi connectivity index (χ2n) is 5.26. The lowest BCUT2D eigenvalue weighted by Gasteiger charge is -2.37. The molecule has 20 heavy (non-hydrogen) atoms. The maximum absolute atomic E-state index is 12.9. The Morgan fingerprint density at radius 3 is 2.45 bits per heavy atom. The van der Waals surface area contributed by atoms with E-state index >= 15 is 0 Å². The number of anilines is 1. The number of halogens is 1. The van der Waals surface area contributed by atoms with Crippen LogP contribution in [0.15, 0.2) is 53.4 Å². The zero-order valence-corrected chi connectivity index (χ0v) is 12.3. The van der Waals surface area contributed by atoms with Gasteiger partial charge in [-0.25, -0.2) is 4.39 Å². The predicted molar refractivity (Wildman–Crippen MR) is 84.0 cm³/mol. The van der Waals surface area contributed by atoms with Gasteiger partial charge >= 0.3 is 0 Å². The molecule has 2 aromatic rings. The average Bonchev–Trinajstić information content (AvgIpc) is 2.44. The number of hydrogen-bond donors (Lipinski definition) is 1. The van der Waals surface area contributed by atoms with Crippen molar-refractivity contribution in [2.45, 2.75) is 29.7 Å². The van der Waals surface area contributed by atoms with E-state index in [4.69, 9.17) is 0 Å². The predicted octanol–water partition coefficient (Wildman–Crippen LogP) is 4.91. The summed E-state index contributed by atoms with van der Waals surface area (Å²) in [6.45, 7) is 0. The van der Waals surface area contributed by atoms with Crippen LogP contribution in [0.3, 0.4) is 0 Å². The van der Waals surface area contributed by atoms with Crippen molar-refractivity contribution in [3.63, 3.8) is 0 Å². The van der Waals surface area contributed by atoms with Crippen molar-refractivity contribution in [1.29, 1.82) is 0 Å². The van der Waals surface area contributed by atoms with E-state index < -0.39 is 0 Å². The largest absolute Gasteiger partial charge is 0.381 e. The van der Waals surface area contributed by atoms with Crippen LogP contribution < -0.4 is 5.32 Å². The third kappa shape index (κ3) is 2.83. The van der Waals surface area contributed by atoms with Crippen LogP contribution in [0.1, 0.15) is 24.3 Å². The lowest BCUT2D eigenvalue weighted by Crippen LogP contribution is -2.34. The van der Waals surface area contributed by atoms with Crippen LogP contribution in [0.5, 0.6) is 0 Å². The van der Waals surface area contributed by atoms with Crippen molar-refractivity contribution >= 4 is 17.4 Å². The van der Waals surface area contributed by atoms with E-state index in [-0.39, 0.29) is 5.82 Å². The van der Waals surface area contributed by atoms with Gasteiger partial charge in [0.05, 0.1) is 0 Å².